The maximum atomic E-state index is 12.4. The first-order valence-electron chi connectivity index (χ1n) is 7.95. The number of hydrogen-bond donors (Lipinski definition) is 0. The van der Waals surface area contributed by atoms with Gasteiger partial charge in [0, 0.05) is 5.41 Å². The van der Waals surface area contributed by atoms with Gasteiger partial charge in [-0.25, -0.2) is 0 Å². The molecule has 0 spiro atoms. The minimum Gasteiger partial charge on any atom is -0.265 e. The molecule has 0 heterocycles. The summed E-state index contributed by atoms with van der Waals surface area (Å²) in [5, 5.41) is 0. The van der Waals surface area contributed by atoms with Crippen molar-refractivity contribution in [2.75, 3.05) is 6.61 Å². The molecule has 0 unspecified atom stereocenters. The molecule has 1 aliphatic rings. The Morgan fingerprint density at radius 1 is 0.913 bits per heavy atom. The van der Waals surface area contributed by atoms with Gasteiger partial charge in [0.05, 0.1) is 11.5 Å². The Morgan fingerprint density at radius 2 is 1.43 bits per heavy atom. The van der Waals surface area contributed by atoms with E-state index in [-0.39, 0.29) is 16.9 Å². The largest absolute Gasteiger partial charge is 0.297 e. The molecule has 23 heavy (non-hydrogen) atoms. The second kappa shape index (κ2) is 6.10. The summed E-state index contributed by atoms with van der Waals surface area (Å²) in [6.45, 7) is 4.19. The molecule has 0 bridgehead atoms. The number of hydrogen-bond acceptors (Lipinski definition) is 3. The topological polar surface area (TPSA) is 43.4 Å². The molecule has 0 aliphatic heterocycles. The summed E-state index contributed by atoms with van der Waals surface area (Å²) in [5.74, 6) is 0. The molecule has 0 radical (unpaired) electrons. The van der Waals surface area contributed by atoms with E-state index in [1.54, 1.807) is 24.3 Å². The lowest BCUT2D eigenvalue weighted by Gasteiger charge is -2.41. The summed E-state index contributed by atoms with van der Waals surface area (Å²) in [6.07, 6.45) is 3.06. The van der Waals surface area contributed by atoms with Crippen LogP contribution in [0, 0.1) is 13.8 Å². The quantitative estimate of drug-likeness (QED) is 0.774. The van der Waals surface area contributed by atoms with Crippen LogP contribution in [-0.4, -0.2) is 15.0 Å². The molecular weight excluding hydrogens is 308 g/mol. The van der Waals surface area contributed by atoms with Crippen molar-refractivity contribution in [1.82, 2.24) is 0 Å². The average molecular weight is 330 g/mol. The normalized spacial score (nSPS) is 16.8. The molecule has 0 atom stereocenters. The molecule has 0 saturated heterocycles. The van der Waals surface area contributed by atoms with Gasteiger partial charge in [0.25, 0.3) is 10.1 Å². The summed E-state index contributed by atoms with van der Waals surface area (Å²) >= 11 is 0. The highest BCUT2D eigenvalue weighted by Gasteiger charge is 2.40. The summed E-state index contributed by atoms with van der Waals surface area (Å²) < 4.78 is 30.2. The highest BCUT2D eigenvalue weighted by Crippen LogP contribution is 2.44. The van der Waals surface area contributed by atoms with E-state index in [2.05, 4.69) is 31.2 Å². The molecule has 4 heteroatoms. The third-order valence-corrected chi connectivity index (χ3v) is 6.05. The van der Waals surface area contributed by atoms with Crippen molar-refractivity contribution >= 4 is 10.1 Å². The van der Waals surface area contributed by atoms with Crippen molar-refractivity contribution in [3.8, 4) is 0 Å². The van der Waals surface area contributed by atoms with Gasteiger partial charge >= 0.3 is 0 Å². The fraction of sp³-hybridized carbons (Fsp3) is 0.368. The van der Waals surface area contributed by atoms with Crippen molar-refractivity contribution in [2.45, 2.75) is 43.4 Å². The summed E-state index contributed by atoms with van der Waals surface area (Å²) in [7, 11) is -3.70. The molecule has 122 valence electrons. The van der Waals surface area contributed by atoms with Crippen molar-refractivity contribution in [3.05, 3.63) is 65.2 Å². The van der Waals surface area contributed by atoms with Crippen LogP contribution in [0.2, 0.25) is 0 Å². The Labute approximate surface area is 138 Å². The second-order valence-electron chi connectivity index (χ2n) is 6.53. The Bertz CT molecular complexity index is 770. The summed E-state index contributed by atoms with van der Waals surface area (Å²) in [6, 6.07) is 15.1. The zero-order valence-corrected chi connectivity index (χ0v) is 14.4. The number of rotatable bonds is 5. The van der Waals surface area contributed by atoms with Gasteiger partial charge in [-0.1, -0.05) is 53.9 Å². The van der Waals surface area contributed by atoms with Gasteiger partial charge in [-0.2, -0.15) is 8.42 Å². The van der Waals surface area contributed by atoms with Gasteiger partial charge in [-0.3, -0.25) is 4.18 Å². The van der Waals surface area contributed by atoms with Crippen molar-refractivity contribution in [3.63, 3.8) is 0 Å². The van der Waals surface area contributed by atoms with Crippen LogP contribution in [0.1, 0.15) is 36.0 Å². The lowest BCUT2D eigenvalue weighted by atomic mass is 9.65. The maximum Gasteiger partial charge on any atom is 0.297 e. The fourth-order valence-corrected chi connectivity index (χ4v) is 3.98. The molecule has 1 aliphatic carbocycles. The molecule has 0 N–H and O–H groups in total. The highest BCUT2D eigenvalue weighted by atomic mass is 32.2. The van der Waals surface area contributed by atoms with E-state index < -0.39 is 10.1 Å². The standard InChI is InChI=1S/C19H22O3S/c1-15-4-8-17(9-5-15)19(12-3-13-19)14-22-23(20,21)18-10-6-16(2)7-11-18/h4-11H,3,12-14H2,1-2H3. The van der Waals surface area contributed by atoms with Gasteiger partial charge in [0.1, 0.15) is 0 Å². The average Bonchev–Trinajstić information content (AvgIpc) is 2.48. The fourth-order valence-electron chi connectivity index (χ4n) is 2.99. The molecule has 2 aromatic carbocycles. The second-order valence-corrected chi connectivity index (χ2v) is 8.14. The smallest absolute Gasteiger partial charge is 0.265 e. The van der Waals surface area contributed by atoms with Crippen molar-refractivity contribution < 1.29 is 12.6 Å². The van der Waals surface area contributed by atoms with Crippen LogP contribution in [0.3, 0.4) is 0 Å². The molecule has 1 saturated carbocycles. The van der Waals surface area contributed by atoms with Crippen molar-refractivity contribution in [1.29, 1.82) is 0 Å². The molecular formula is C19H22O3S. The lowest BCUT2D eigenvalue weighted by Crippen LogP contribution is -2.39. The van der Waals surface area contributed by atoms with Gasteiger partial charge in [-0.15, -0.1) is 0 Å². The van der Waals surface area contributed by atoms with Crippen LogP contribution < -0.4 is 0 Å². The third-order valence-electron chi connectivity index (χ3n) is 4.77. The first kappa shape index (κ1) is 16.2. The predicted molar refractivity (Wildman–Crippen MR) is 91.0 cm³/mol. The Kier molecular flexibility index (Phi) is 4.30. The van der Waals surface area contributed by atoms with Crippen molar-refractivity contribution in [2.24, 2.45) is 0 Å². The van der Waals surface area contributed by atoms with E-state index in [0.29, 0.717) is 0 Å². The first-order valence-corrected chi connectivity index (χ1v) is 9.35. The minimum atomic E-state index is -3.70. The van der Waals surface area contributed by atoms with E-state index in [4.69, 9.17) is 4.18 Å². The SMILES string of the molecule is Cc1ccc(C2(COS(=O)(=O)c3ccc(C)cc3)CCC2)cc1. The Balaban J connectivity index is 1.77. The molecule has 3 nitrogen and oxygen atoms in total. The molecule has 0 amide bonds. The zero-order chi connectivity index (χ0) is 16.5. The summed E-state index contributed by atoms with van der Waals surface area (Å²) in [4.78, 5) is 0.224. The van der Waals surface area contributed by atoms with E-state index in [1.807, 2.05) is 6.92 Å². The van der Waals surface area contributed by atoms with Crippen LogP contribution in [0.5, 0.6) is 0 Å². The van der Waals surface area contributed by atoms with E-state index in [9.17, 15) is 8.42 Å². The monoisotopic (exact) mass is 330 g/mol. The van der Waals surface area contributed by atoms with Crippen LogP contribution in [-0.2, 0) is 19.7 Å². The zero-order valence-electron chi connectivity index (χ0n) is 13.6. The summed E-state index contributed by atoms with van der Waals surface area (Å²) in [5.41, 5.74) is 3.25. The van der Waals surface area contributed by atoms with Gasteiger partial charge in [0.2, 0.25) is 0 Å². The number of benzene rings is 2. The molecule has 1 fully saturated rings. The Morgan fingerprint density at radius 3 is 1.91 bits per heavy atom. The van der Waals surface area contributed by atoms with E-state index in [1.165, 1.54) is 11.1 Å². The van der Waals surface area contributed by atoms with Crippen LogP contribution in [0.4, 0.5) is 0 Å². The molecule has 3 rings (SSSR count). The molecule has 2 aromatic rings. The van der Waals surface area contributed by atoms with Gasteiger partial charge in [0.15, 0.2) is 0 Å². The third kappa shape index (κ3) is 3.33. The van der Waals surface area contributed by atoms with E-state index >= 15 is 0 Å². The van der Waals surface area contributed by atoms with Crippen LogP contribution in [0.25, 0.3) is 0 Å². The van der Waals surface area contributed by atoms with E-state index in [0.717, 1.165) is 24.8 Å². The lowest BCUT2D eigenvalue weighted by molar-refractivity contribution is 0.140. The maximum absolute atomic E-state index is 12.4. The van der Waals surface area contributed by atoms with Crippen LogP contribution in [0.15, 0.2) is 53.4 Å². The Hall–Kier alpha value is -1.65. The first-order chi connectivity index (χ1) is 10.9. The highest BCUT2D eigenvalue weighted by molar-refractivity contribution is 7.86. The molecule has 0 aromatic heterocycles. The van der Waals surface area contributed by atoms with Crippen LogP contribution >= 0.6 is 0 Å². The van der Waals surface area contributed by atoms with Gasteiger partial charge in [-0.05, 0) is 44.4 Å². The predicted octanol–water partition coefficient (Wildman–Crippen LogP) is 4.13. The minimum absolute atomic E-state index is 0.161. The van der Waals surface area contributed by atoms with Gasteiger partial charge < -0.3 is 0 Å². The number of aryl methyl sites for hydroxylation is 2.